The number of carbonyl (C=O) groups excluding carboxylic acids is 1. The Hall–Kier alpha value is -3.01. The molecule has 0 heterocycles. The number of hydrogen-bond donors (Lipinski definition) is 1. The number of Topliss-reactive ketones (excluding diaryl/α,β-unsaturated/α-hetero) is 1. The fourth-order valence-corrected chi connectivity index (χ4v) is 4.28. The molecule has 3 aromatic rings. The molecule has 0 bridgehead atoms. The third-order valence-corrected chi connectivity index (χ3v) is 5.84. The molecule has 1 aliphatic carbocycles. The van der Waals surface area contributed by atoms with Crippen molar-refractivity contribution in [3.8, 4) is 11.5 Å². The van der Waals surface area contributed by atoms with Gasteiger partial charge in [0.15, 0.2) is 11.5 Å². The number of rotatable bonds is 6. The molecule has 0 radical (unpaired) electrons. The van der Waals surface area contributed by atoms with E-state index in [-0.39, 0.29) is 12.0 Å². The van der Waals surface area contributed by atoms with E-state index < -0.39 is 0 Å². The van der Waals surface area contributed by atoms with Crippen LogP contribution in [0.1, 0.15) is 37.3 Å². The Morgan fingerprint density at radius 2 is 1.69 bits per heavy atom. The largest absolute Gasteiger partial charge is 0.493 e. The summed E-state index contributed by atoms with van der Waals surface area (Å²) >= 11 is 0. The molecule has 4 rings (SSSR count). The van der Waals surface area contributed by atoms with Crippen LogP contribution in [0.15, 0.2) is 60.7 Å². The van der Waals surface area contributed by atoms with Gasteiger partial charge in [-0.2, -0.15) is 0 Å². The first kappa shape index (κ1) is 19.3. The van der Waals surface area contributed by atoms with Crippen LogP contribution in [0.5, 0.6) is 11.5 Å². The minimum absolute atomic E-state index is 0.0479. The SMILES string of the molecule is COc1ccc(C(Nc2ccc3ccccc3c2)C2CCCCC2=O)cc1OC. The molecule has 2 atom stereocenters. The highest BCUT2D eigenvalue weighted by molar-refractivity contribution is 5.86. The molecule has 1 fully saturated rings. The molecular weight excluding hydrogens is 362 g/mol. The molecule has 2 unspecified atom stereocenters. The van der Waals surface area contributed by atoms with Gasteiger partial charge >= 0.3 is 0 Å². The number of ether oxygens (including phenoxy) is 2. The van der Waals surface area contributed by atoms with Crippen LogP contribution in [-0.2, 0) is 4.79 Å². The average Bonchev–Trinajstić information content (AvgIpc) is 2.77. The van der Waals surface area contributed by atoms with Crippen molar-refractivity contribution >= 4 is 22.2 Å². The number of ketones is 1. The molecule has 1 saturated carbocycles. The van der Waals surface area contributed by atoms with Gasteiger partial charge in [-0.25, -0.2) is 0 Å². The lowest BCUT2D eigenvalue weighted by Crippen LogP contribution is -2.30. The van der Waals surface area contributed by atoms with Crippen molar-refractivity contribution in [3.05, 3.63) is 66.2 Å². The maximum Gasteiger partial charge on any atom is 0.161 e. The van der Waals surface area contributed by atoms with E-state index in [0.717, 1.165) is 30.5 Å². The molecule has 150 valence electrons. The van der Waals surface area contributed by atoms with Gasteiger partial charge in [0, 0.05) is 18.0 Å². The van der Waals surface area contributed by atoms with Gasteiger partial charge in [0.2, 0.25) is 0 Å². The minimum atomic E-state index is -0.108. The summed E-state index contributed by atoms with van der Waals surface area (Å²) in [7, 11) is 3.27. The summed E-state index contributed by atoms with van der Waals surface area (Å²) in [5.41, 5.74) is 2.05. The van der Waals surface area contributed by atoms with Crippen molar-refractivity contribution in [1.82, 2.24) is 0 Å². The molecule has 4 heteroatoms. The Bertz CT molecular complexity index is 1010. The van der Waals surface area contributed by atoms with E-state index in [1.165, 1.54) is 10.8 Å². The van der Waals surface area contributed by atoms with Crippen molar-refractivity contribution in [2.24, 2.45) is 5.92 Å². The van der Waals surface area contributed by atoms with Gasteiger partial charge in [0.25, 0.3) is 0 Å². The number of anilines is 1. The van der Waals surface area contributed by atoms with Crippen LogP contribution in [0, 0.1) is 5.92 Å². The molecule has 0 spiro atoms. The highest BCUT2D eigenvalue weighted by Crippen LogP contribution is 2.38. The van der Waals surface area contributed by atoms with Crippen LogP contribution >= 0.6 is 0 Å². The zero-order valence-corrected chi connectivity index (χ0v) is 17.0. The second kappa shape index (κ2) is 8.56. The number of benzene rings is 3. The van der Waals surface area contributed by atoms with Gasteiger partial charge in [-0.3, -0.25) is 4.79 Å². The summed E-state index contributed by atoms with van der Waals surface area (Å²) in [6.07, 6.45) is 3.63. The molecule has 4 nitrogen and oxygen atoms in total. The minimum Gasteiger partial charge on any atom is -0.493 e. The van der Waals surface area contributed by atoms with Crippen LogP contribution in [0.3, 0.4) is 0 Å². The summed E-state index contributed by atoms with van der Waals surface area (Å²) in [4.78, 5) is 12.8. The standard InChI is InChI=1S/C25H27NO3/c1-28-23-14-12-19(16-24(23)29-2)25(21-9-5-6-10-22(21)27)26-20-13-11-17-7-3-4-8-18(17)15-20/h3-4,7-8,11-16,21,25-26H,5-6,9-10H2,1-2H3. The van der Waals surface area contributed by atoms with Crippen LogP contribution < -0.4 is 14.8 Å². The lowest BCUT2D eigenvalue weighted by Gasteiger charge is -2.31. The highest BCUT2D eigenvalue weighted by Gasteiger charge is 2.32. The Morgan fingerprint density at radius 3 is 2.45 bits per heavy atom. The summed E-state index contributed by atoms with van der Waals surface area (Å²) < 4.78 is 10.9. The fraction of sp³-hybridized carbons (Fsp3) is 0.320. The summed E-state index contributed by atoms with van der Waals surface area (Å²) in [5.74, 6) is 1.66. The van der Waals surface area contributed by atoms with E-state index in [0.29, 0.717) is 23.7 Å². The van der Waals surface area contributed by atoms with E-state index in [2.05, 4.69) is 35.6 Å². The normalized spacial score (nSPS) is 17.7. The number of hydrogen-bond acceptors (Lipinski definition) is 4. The number of fused-ring (bicyclic) bond motifs is 1. The van der Waals surface area contributed by atoms with E-state index in [4.69, 9.17) is 9.47 Å². The molecule has 3 aromatic carbocycles. The van der Waals surface area contributed by atoms with E-state index in [1.807, 2.05) is 30.3 Å². The second-order valence-electron chi connectivity index (χ2n) is 7.62. The molecule has 0 amide bonds. The lowest BCUT2D eigenvalue weighted by molar-refractivity contribution is -0.125. The maximum atomic E-state index is 12.8. The Balaban J connectivity index is 1.72. The van der Waals surface area contributed by atoms with Crippen LogP contribution in [0.2, 0.25) is 0 Å². The summed E-state index contributed by atoms with van der Waals surface area (Å²) in [6.45, 7) is 0. The molecule has 0 aromatic heterocycles. The van der Waals surface area contributed by atoms with Gasteiger partial charge in [0.1, 0.15) is 5.78 Å². The predicted octanol–water partition coefficient (Wildman–Crippen LogP) is 5.77. The highest BCUT2D eigenvalue weighted by atomic mass is 16.5. The molecule has 0 aliphatic heterocycles. The van der Waals surface area contributed by atoms with E-state index >= 15 is 0 Å². The van der Waals surface area contributed by atoms with Gasteiger partial charge in [-0.15, -0.1) is 0 Å². The zero-order chi connectivity index (χ0) is 20.2. The Morgan fingerprint density at radius 1 is 0.897 bits per heavy atom. The molecular formula is C25H27NO3. The fourth-order valence-electron chi connectivity index (χ4n) is 4.28. The van der Waals surface area contributed by atoms with Crippen molar-refractivity contribution in [2.75, 3.05) is 19.5 Å². The molecule has 0 saturated heterocycles. The molecule has 1 N–H and O–H groups in total. The van der Waals surface area contributed by atoms with Crippen LogP contribution in [0.4, 0.5) is 5.69 Å². The second-order valence-corrected chi connectivity index (χ2v) is 7.62. The lowest BCUT2D eigenvalue weighted by atomic mass is 9.80. The molecule has 29 heavy (non-hydrogen) atoms. The van der Waals surface area contributed by atoms with Crippen LogP contribution in [-0.4, -0.2) is 20.0 Å². The predicted molar refractivity (Wildman–Crippen MR) is 117 cm³/mol. The third kappa shape index (κ3) is 4.07. The first-order valence-corrected chi connectivity index (χ1v) is 10.2. The average molecular weight is 389 g/mol. The van der Waals surface area contributed by atoms with Gasteiger partial charge in [-0.05, 0) is 53.4 Å². The van der Waals surface area contributed by atoms with E-state index in [9.17, 15) is 4.79 Å². The van der Waals surface area contributed by atoms with Crippen molar-refractivity contribution in [2.45, 2.75) is 31.7 Å². The topological polar surface area (TPSA) is 47.6 Å². The Labute approximate surface area is 171 Å². The van der Waals surface area contributed by atoms with Crippen molar-refractivity contribution in [1.29, 1.82) is 0 Å². The first-order valence-electron chi connectivity index (χ1n) is 10.2. The third-order valence-electron chi connectivity index (χ3n) is 5.84. The monoisotopic (exact) mass is 389 g/mol. The van der Waals surface area contributed by atoms with Crippen molar-refractivity contribution in [3.63, 3.8) is 0 Å². The number of nitrogens with one attached hydrogen (secondary N) is 1. The summed E-state index contributed by atoms with van der Waals surface area (Å²) in [6, 6.07) is 20.5. The summed E-state index contributed by atoms with van der Waals surface area (Å²) in [5, 5.41) is 6.04. The van der Waals surface area contributed by atoms with E-state index in [1.54, 1.807) is 14.2 Å². The van der Waals surface area contributed by atoms with Gasteiger partial charge in [-0.1, -0.05) is 42.8 Å². The van der Waals surface area contributed by atoms with Crippen molar-refractivity contribution < 1.29 is 14.3 Å². The van der Waals surface area contributed by atoms with Gasteiger partial charge in [0.05, 0.1) is 20.3 Å². The number of methoxy groups -OCH3 is 2. The quantitative estimate of drug-likeness (QED) is 0.581. The Kier molecular flexibility index (Phi) is 5.70. The smallest absolute Gasteiger partial charge is 0.161 e. The van der Waals surface area contributed by atoms with Gasteiger partial charge < -0.3 is 14.8 Å². The number of carbonyl (C=O) groups is 1. The van der Waals surface area contributed by atoms with Crippen LogP contribution in [0.25, 0.3) is 10.8 Å². The first-order chi connectivity index (χ1) is 14.2. The molecule has 1 aliphatic rings. The maximum absolute atomic E-state index is 12.8. The zero-order valence-electron chi connectivity index (χ0n) is 17.0.